The molecule has 1 heterocycles. The standard InChI is InChI=1S/C14H26ClN3/c1-3-13-11-14(18(4-2)17-13)12-16-10-8-6-5-7-9-15/h11,16H,3-10,12H2,1-2H3. The van der Waals surface area contributed by atoms with E-state index in [1.54, 1.807) is 0 Å². The average molecular weight is 272 g/mol. The fourth-order valence-corrected chi connectivity index (χ4v) is 2.21. The second-order valence-corrected chi connectivity index (χ2v) is 4.95. The van der Waals surface area contributed by atoms with Crippen molar-refractivity contribution in [3.05, 3.63) is 17.5 Å². The summed E-state index contributed by atoms with van der Waals surface area (Å²) in [6.07, 6.45) is 5.91. The van der Waals surface area contributed by atoms with Crippen LogP contribution in [-0.2, 0) is 19.5 Å². The van der Waals surface area contributed by atoms with Crippen LogP contribution in [0.1, 0.15) is 50.9 Å². The maximum Gasteiger partial charge on any atom is 0.0625 e. The highest BCUT2D eigenvalue weighted by molar-refractivity contribution is 6.17. The molecule has 4 heteroatoms. The second-order valence-electron chi connectivity index (χ2n) is 4.58. The molecule has 0 aliphatic rings. The smallest absolute Gasteiger partial charge is 0.0625 e. The first-order valence-corrected chi connectivity index (χ1v) is 7.67. The van der Waals surface area contributed by atoms with Gasteiger partial charge in [-0.2, -0.15) is 5.10 Å². The molecular weight excluding hydrogens is 246 g/mol. The Bertz CT molecular complexity index is 323. The van der Waals surface area contributed by atoms with Crippen LogP contribution in [0.3, 0.4) is 0 Å². The van der Waals surface area contributed by atoms with Crippen molar-refractivity contribution in [1.82, 2.24) is 15.1 Å². The Kier molecular flexibility index (Phi) is 8.10. The molecule has 1 aromatic rings. The van der Waals surface area contributed by atoms with Crippen molar-refractivity contribution < 1.29 is 0 Å². The normalized spacial score (nSPS) is 11.1. The van der Waals surface area contributed by atoms with E-state index in [2.05, 4.69) is 35.0 Å². The minimum atomic E-state index is 0.795. The van der Waals surface area contributed by atoms with Crippen LogP contribution in [0.2, 0.25) is 0 Å². The van der Waals surface area contributed by atoms with Gasteiger partial charge < -0.3 is 5.32 Å². The summed E-state index contributed by atoms with van der Waals surface area (Å²) in [5.74, 6) is 0.795. The molecule has 1 aromatic heterocycles. The number of halogens is 1. The number of nitrogens with zero attached hydrogens (tertiary/aromatic N) is 2. The predicted octanol–water partition coefficient (Wildman–Crippen LogP) is 3.35. The zero-order valence-electron chi connectivity index (χ0n) is 11.7. The van der Waals surface area contributed by atoms with E-state index < -0.39 is 0 Å². The maximum atomic E-state index is 5.65. The van der Waals surface area contributed by atoms with Gasteiger partial charge in [0.15, 0.2) is 0 Å². The SMILES string of the molecule is CCc1cc(CNCCCCCCCl)n(CC)n1. The summed E-state index contributed by atoms with van der Waals surface area (Å²) in [6.45, 7) is 7.25. The van der Waals surface area contributed by atoms with Crippen LogP contribution in [0.5, 0.6) is 0 Å². The van der Waals surface area contributed by atoms with Crippen molar-refractivity contribution in [3.8, 4) is 0 Å². The quantitative estimate of drug-likeness (QED) is 0.522. The van der Waals surface area contributed by atoms with Gasteiger partial charge in [-0.05, 0) is 38.8 Å². The summed E-state index contributed by atoms with van der Waals surface area (Å²) in [5, 5.41) is 8.05. The van der Waals surface area contributed by atoms with Crippen LogP contribution in [0.25, 0.3) is 0 Å². The lowest BCUT2D eigenvalue weighted by atomic mass is 10.2. The van der Waals surface area contributed by atoms with Crippen LogP contribution in [0, 0.1) is 0 Å². The molecule has 0 saturated carbocycles. The van der Waals surface area contributed by atoms with Gasteiger partial charge in [-0.1, -0.05) is 19.8 Å². The molecule has 1 N–H and O–H groups in total. The number of hydrogen-bond acceptors (Lipinski definition) is 2. The van der Waals surface area contributed by atoms with Gasteiger partial charge in [0.1, 0.15) is 0 Å². The molecule has 1 rings (SSSR count). The fraction of sp³-hybridized carbons (Fsp3) is 0.786. The van der Waals surface area contributed by atoms with Gasteiger partial charge in [0.05, 0.1) is 11.4 Å². The molecule has 0 unspecified atom stereocenters. The molecular formula is C14H26ClN3. The van der Waals surface area contributed by atoms with Gasteiger partial charge in [-0.3, -0.25) is 4.68 Å². The Morgan fingerprint density at radius 2 is 2.00 bits per heavy atom. The Morgan fingerprint density at radius 1 is 1.22 bits per heavy atom. The molecule has 104 valence electrons. The van der Waals surface area contributed by atoms with Crippen molar-refractivity contribution in [3.63, 3.8) is 0 Å². The minimum absolute atomic E-state index is 0.795. The van der Waals surface area contributed by atoms with E-state index >= 15 is 0 Å². The monoisotopic (exact) mass is 271 g/mol. The van der Waals surface area contributed by atoms with Gasteiger partial charge in [-0.15, -0.1) is 11.6 Å². The van der Waals surface area contributed by atoms with Crippen molar-refractivity contribution >= 4 is 11.6 Å². The Hall–Kier alpha value is -0.540. The zero-order valence-corrected chi connectivity index (χ0v) is 12.5. The summed E-state index contributed by atoms with van der Waals surface area (Å²) < 4.78 is 2.10. The van der Waals surface area contributed by atoms with Gasteiger partial charge in [-0.25, -0.2) is 0 Å². The highest BCUT2D eigenvalue weighted by Gasteiger charge is 2.04. The summed E-state index contributed by atoms with van der Waals surface area (Å²) in [6, 6.07) is 2.21. The van der Waals surface area contributed by atoms with Crippen LogP contribution >= 0.6 is 11.6 Å². The third-order valence-electron chi connectivity index (χ3n) is 3.12. The predicted molar refractivity (Wildman–Crippen MR) is 78.2 cm³/mol. The minimum Gasteiger partial charge on any atom is -0.311 e. The van der Waals surface area contributed by atoms with Gasteiger partial charge in [0.2, 0.25) is 0 Å². The van der Waals surface area contributed by atoms with Crippen LogP contribution < -0.4 is 5.32 Å². The van der Waals surface area contributed by atoms with E-state index in [0.717, 1.165) is 38.4 Å². The van der Waals surface area contributed by atoms with Gasteiger partial charge in [0, 0.05) is 19.0 Å². The topological polar surface area (TPSA) is 29.9 Å². The third kappa shape index (κ3) is 5.40. The first kappa shape index (κ1) is 15.5. The van der Waals surface area contributed by atoms with Gasteiger partial charge in [0.25, 0.3) is 0 Å². The summed E-state index contributed by atoms with van der Waals surface area (Å²) in [5.41, 5.74) is 2.49. The molecule has 3 nitrogen and oxygen atoms in total. The van der Waals surface area contributed by atoms with Crippen LogP contribution in [-0.4, -0.2) is 22.2 Å². The number of aromatic nitrogens is 2. The third-order valence-corrected chi connectivity index (χ3v) is 3.39. The van der Waals surface area contributed by atoms with E-state index in [4.69, 9.17) is 11.6 Å². The lowest BCUT2D eigenvalue weighted by Crippen LogP contribution is -2.17. The highest BCUT2D eigenvalue weighted by Crippen LogP contribution is 2.06. The summed E-state index contributed by atoms with van der Waals surface area (Å²) >= 11 is 5.65. The first-order chi connectivity index (χ1) is 8.81. The first-order valence-electron chi connectivity index (χ1n) is 7.14. The van der Waals surface area contributed by atoms with Crippen LogP contribution in [0.15, 0.2) is 6.07 Å². The number of nitrogens with one attached hydrogen (secondary N) is 1. The number of hydrogen-bond donors (Lipinski definition) is 1. The Morgan fingerprint density at radius 3 is 2.67 bits per heavy atom. The lowest BCUT2D eigenvalue weighted by Gasteiger charge is -2.06. The molecule has 0 amide bonds. The van der Waals surface area contributed by atoms with E-state index in [-0.39, 0.29) is 0 Å². The Balaban J connectivity index is 2.20. The largest absolute Gasteiger partial charge is 0.311 e. The fourth-order valence-electron chi connectivity index (χ4n) is 2.02. The van der Waals surface area contributed by atoms with E-state index in [1.165, 1.54) is 30.7 Å². The highest BCUT2D eigenvalue weighted by atomic mass is 35.5. The molecule has 0 atom stereocenters. The van der Waals surface area contributed by atoms with E-state index in [1.807, 2.05) is 0 Å². The maximum absolute atomic E-state index is 5.65. The summed E-state index contributed by atoms with van der Waals surface area (Å²) in [4.78, 5) is 0. The molecule has 18 heavy (non-hydrogen) atoms. The van der Waals surface area contributed by atoms with Crippen molar-refractivity contribution in [2.24, 2.45) is 0 Å². The lowest BCUT2D eigenvalue weighted by molar-refractivity contribution is 0.556. The summed E-state index contributed by atoms with van der Waals surface area (Å²) in [7, 11) is 0. The van der Waals surface area contributed by atoms with Crippen molar-refractivity contribution in [1.29, 1.82) is 0 Å². The number of rotatable bonds is 10. The number of unbranched alkanes of at least 4 members (excludes halogenated alkanes) is 3. The number of alkyl halides is 1. The Labute approximate surface area is 116 Å². The van der Waals surface area contributed by atoms with E-state index in [9.17, 15) is 0 Å². The van der Waals surface area contributed by atoms with Crippen molar-refractivity contribution in [2.75, 3.05) is 12.4 Å². The molecule has 0 aromatic carbocycles. The van der Waals surface area contributed by atoms with Gasteiger partial charge >= 0.3 is 0 Å². The molecule has 0 spiro atoms. The van der Waals surface area contributed by atoms with E-state index in [0.29, 0.717) is 0 Å². The molecule has 0 bridgehead atoms. The van der Waals surface area contributed by atoms with Crippen molar-refractivity contribution in [2.45, 2.75) is 59.0 Å². The molecule has 0 aliphatic carbocycles. The molecule has 0 fully saturated rings. The molecule has 0 radical (unpaired) electrons. The average Bonchev–Trinajstić information content (AvgIpc) is 2.80. The number of aryl methyl sites for hydroxylation is 2. The van der Waals surface area contributed by atoms with Crippen LogP contribution in [0.4, 0.5) is 0 Å². The molecule has 0 aliphatic heterocycles. The second kappa shape index (κ2) is 9.40. The zero-order chi connectivity index (χ0) is 13.2. The molecule has 0 saturated heterocycles.